The van der Waals surface area contributed by atoms with E-state index in [1.54, 1.807) is 6.08 Å². The van der Waals surface area contributed by atoms with Gasteiger partial charge in [-0.05, 0) is 64.7 Å². The molecule has 0 saturated heterocycles. The molecule has 0 aliphatic rings. The minimum Gasteiger partial charge on any atom is -0.454 e. The van der Waals surface area contributed by atoms with E-state index < -0.39 is 0 Å². The second-order valence-electron chi connectivity index (χ2n) is 18.1. The summed E-state index contributed by atoms with van der Waals surface area (Å²) < 4.78 is 9.34. The van der Waals surface area contributed by atoms with Gasteiger partial charge < -0.3 is 18.7 Å². The lowest BCUT2D eigenvalue weighted by molar-refractivity contribution is 0.669. The summed E-state index contributed by atoms with van der Waals surface area (Å²) in [6.45, 7) is 3.84. The van der Waals surface area contributed by atoms with Crippen molar-refractivity contribution in [1.82, 2.24) is 9.38 Å². The third-order valence-electron chi connectivity index (χ3n) is 14.2. The van der Waals surface area contributed by atoms with Crippen molar-refractivity contribution in [2.75, 3.05) is 4.90 Å². The first-order chi connectivity index (χ1) is 34.7. The summed E-state index contributed by atoms with van der Waals surface area (Å²) in [6, 6.07) is 76.9. The summed E-state index contributed by atoms with van der Waals surface area (Å²) >= 11 is 0. The summed E-state index contributed by atoms with van der Waals surface area (Å²) in [4.78, 5) is 6.46. The number of hydrogen-bond donors (Lipinski definition) is 1. The number of aromatic nitrogens is 2. The predicted octanol–water partition coefficient (Wildman–Crippen LogP) is 18.6. The third-order valence-corrected chi connectivity index (χ3v) is 14.2. The van der Waals surface area contributed by atoms with Gasteiger partial charge in [0.25, 0.3) is 0 Å². The molecule has 0 amide bonds. The fourth-order valence-electron chi connectivity index (χ4n) is 11.3. The quantitative estimate of drug-likeness (QED) is 0.147. The van der Waals surface area contributed by atoms with E-state index in [-0.39, 0.29) is 0 Å². The van der Waals surface area contributed by atoms with E-state index >= 15 is 0 Å². The Morgan fingerprint density at radius 2 is 1.11 bits per heavy atom. The number of allylic oxidation sites excluding steroid dienone is 4. The maximum absolute atomic E-state index is 6.77. The largest absolute Gasteiger partial charge is 0.454 e. The van der Waals surface area contributed by atoms with Crippen LogP contribution in [0.25, 0.3) is 121 Å². The van der Waals surface area contributed by atoms with Crippen LogP contribution in [-0.2, 0) is 0 Å². The van der Waals surface area contributed by atoms with Crippen molar-refractivity contribution in [3.63, 3.8) is 0 Å². The summed E-state index contributed by atoms with van der Waals surface area (Å²) in [6.07, 6.45) is 9.92. The van der Waals surface area contributed by atoms with Gasteiger partial charge in [-0.25, -0.2) is 0 Å². The number of nitrogens with zero attached hydrogens (tertiary/aromatic N) is 2. The van der Waals surface area contributed by atoms with Crippen LogP contribution < -0.4 is 4.90 Å². The van der Waals surface area contributed by atoms with E-state index in [1.165, 1.54) is 76.7 Å². The van der Waals surface area contributed by atoms with Crippen molar-refractivity contribution in [2.24, 2.45) is 0 Å². The molecule has 0 radical (unpaired) electrons. The molecule has 328 valence electrons. The van der Waals surface area contributed by atoms with Gasteiger partial charge in [0, 0.05) is 71.2 Å². The van der Waals surface area contributed by atoms with Crippen LogP contribution in [-0.4, -0.2) is 9.38 Å². The molecule has 0 aliphatic carbocycles. The Kier molecular flexibility index (Phi) is 9.01. The Morgan fingerprint density at radius 3 is 1.93 bits per heavy atom. The number of benzene rings is 10. The van der Waals surface area contributed by atoms with E-state index in [4.69, 9.17) is 4.42 Å². The molecule has 1 N–H and O–H groups in total. The number of furan rings is 1. The van der Waals surface area contributed by atoms with E-state index in [2.05, 4.69) is 239 Å². The second-order valence-corrected chi connectivity index (χ2v) is 18.1. The number of fused-ring (bicyclic) bond motifs is 12. The van der Waals surface area contributed by atoms with Crippen LogP contribution in [0.3, 0.4) is 0 Å². The molecule has 4 nitrogen and oxygen atoms in total. The topological polar surface area (TPSA) is 36.6 Å². The monoisotopic (exact) mass is 893 g/mol. The zero-order valence-corrected chi connectivity index (χ0v) is 38.1. The lowest BCUT2D eigenvalue weighted by atomic mass is 9.89. The van der Waals surface area contributed by atoms with E-state index in [1.807, 2.05) is 18.2 Å². The second kappa shape index (κ2) is 15.9. The van der Waals surface area contributed by atoms with Crippen LogP contribution in [0.4, 0.5) is 17.1 Å². The van der Waals surface area contributed by atoms with E-state index in [0.29, 0.717) is 0 Å². The Bertz CT molecular complexity index is 4420. The standard InChI is InChI=1S/C66H43N3O/c1-2-3-4-8-21-42-22-17-29-46(40-42)68(56-36-20-33-51-49-30-15-16-37-57(49)70-66(51)56)47-38-39-55-54(41-47)50-32-19-35-53-61-58(44-25-11-6-12-26-44)63-60(59(45-27-13-7-14-28-45)65(61)69(55)64(50)53)52-34-18-31-48(62(52)67-63)43-23-9-5-10-24-43/h2-41,67H,1H2/b4-3-,21-8+. The number of rotatable bonds is 9. The van der Waals surface area contributed by atoms with Crippen molar-refractivity contribution in [3.8, 4) is 33.4 Å². The summed E-state index contributed by atoms with van der Waals surface area (Å²) in [5.41, 5.74) is 18.8. The fraction of sp³-hybridized carbons (Fsp3) is 0. The Morgan fingerprint density at radius 1 is 0.457 bits per heavy atom. The van der Waals surface area contributed by atoms with Gasteiger partial charge >= 0.3 is 0 Å². The van der Waals surface area contributed by atoms with Crippen LogP contribution in [0.15, 0.2) is 248 Å². The Hall–Kier alpha value is -9.38. The number of anilines is 3. The number of hydrogen-bond acceptors (Lipinski definition) is 2. The average molecular weight is 894 g/mol. The molecule has 0 aliphatic heterocycles. The molecule has 4 heterocycles. The Labute approximate surface area is 403 Å². The highest BCUT2D eigenvalue weighted by Crippen LogP contribution is 2.53. The number of H-pyrrole nitrogens is 1. The van der Waals surface area contributed by atoms with Gasteiger partial charge in [0.1, 0.15) is 5.58 Å². The molecule has 14 rings (SSSR count). The van der Waals surface area contributed by atoms with Gasteiger partial charge in [-0.2, -0.15) is 0 Å². The van der Waals surface area contributed by atoms with Gasteiger partial charge in [-0.1, -0.05) is 207 Å². The molecule has 10 aromatic carbocycles. The van der Waals surface area contributed by atoms with Gasteiger partial charge in [0.2, 0.25) is 0 Å². The Balaban J connectivity index is 1.10. The average Bonchev–Trinajstić information content (AvgIpc) is 4.18. The zero-order chi connectivity index (χ0) is 46.3. The summed E-state index contributed by atoms with van der Waals surface area (Å²) in [5, 5.41) is 9.44. The molecule has 0 saturated carbocycles. The van der Waals surface area contributed by atoms with Crippen LogP contribution >= 0.6 is 0 Å². The van der Waals surface area contributed by atoms with Crippen molar-refractivity contribution in [3.05, 3.63) is 249 Å². The lowest BCUT2D eigenvalue weighted by Gasteiger charge is -2.26. The molecule has 0 fully saturated rings. The van der Waals surface area contributed by atoms with Crippen molar-refractivity contribution >= 4 is 105 Å². The summed E-state index contributed by atoms with van der Waals surface area (Å²) in [5.74, 6) is 0. The molecular weight excluding hydrogens is 851 g/mol. The highest BCUT2D eigenvalue weighted by Gasteiger charge is 2.29. The highest BCUT2D eigenvalue weighted by atomic mass is 16.3. The number of aromatic amines is 1. The third kappa shape index (κ3) is 5.97. The van der Waals surface area contributed by atoms with Gasteiger partial charge in [0.05, 0.1) is 33.3 Å². The lowest BCUT2D eigenvalue weighted by Crippen LogP contribution is -2.10. The fourth-order valence-corrected chi connectivity index (χ4v) is 11.3. The molecular formula is C66H43N3O. The van der Waals surface area contributed by atoms with Crippen molar-refractivity contribution in [2.45, 2.75) is 0 Å². The van der Waals surface area contributed by atoms with Gasteiger partial charge in [-0.15, -0.1) is 0 Å². The van der Waals surface area contributed by atoms with Crippen LogP contribution in [0.1, 0.15) is 5.56 Å². The van der Waals surface area contributed by atoms with E-state index in [9.17, 15) is 0 Å². The SMILES string of the molecule is C=C/C=C\C=C\c1cccc(N(c2ccc3c(c2)c2cccc4c5c(-c6ccccc6)c6[nH]c7c(-c8ccccc8)cccc7c6c(-c6ccccc6)c5n3c24)c2cccc3c2oc2ccccc23)c1. The van der Waals surface area contributed by atoms with E-state index in [0.717, 1.165) is 61.1 Å². The minimum absolute atomic E-state index is 0.845. The summed E-state index contributed by atoms with van der Waals surface area (Å²) in [7, 11) is 0. The minimum atomic E-state index is 0.845. The van der Waals surface area contributed by atoms with Crippen LogP contribution in [0.2, 0.25) is 0 Å². The first-order valence-electron chi connectivity index (χ1n) is 23.9. The molecule has 14 aromatic rings. The molecule has 0 atom stereocenters. The normalized spacial score (nSPS) is 12.2. The van der Waals surface area contributed by atoms with Crippen molar-refractivity contribution < 1.29 is 4.42 Å². The molecule has 0 unspecified atom stereocenters. The first kappa shape index (κ1) is 39.8. The van der Waals surface area contributed by atoms with Crippen molar-refractivity contribution in [1.29, 1.82) is 0 Å². The first-order valence-corrected chi connectivity index (χ1v) is 23.9. The maximum atomic E-state index is 6.77. The highest BCUT2D eigenvalue weighted by molar-refractivity contribution is 6.36. The molecule has 70 heavy (non-hydrogen) atoms. The van der Waals surface area contributed by atoms with Gasteiger partial charge in [0.15, 0.2) is 5.58 Å². The number of para-hydroxylation sites is 4. The zero-order valence-electron chi connectivity index (χ0n) is 38.1. The molecule has 4 aromatic heterocycles. The predicted molar refractivity (Wildman–Crippen MR) is 297 cm³/mol. The molecule has 4 heteroatoms. The smallest absolute Gasteiger partial charge is 0.159 e. The molecule has 0 bridgehead atoms. The van der Waals surface area contributed by atoms with Gasteiger partial charge in [-0.3, -0.25) is 0 Å². The van der Waals surface area contributed by atoms with Crippen LogP contribution in [0, 0.1) is 0 Å². The maximum Gasteiger partial charge on any atom is 0.159 e. The number of nitrogens with one attached hydrogen (secondary N) is 1. The molecule has 0 spiro atoms. The van der Waals surface area contributed by atoms with Crippen LogP contribution in [0.5, 0.6) is 0 Å².